The fraction of sp³-hybridized carbons (Fsp3) is 0.429. The van der Waals surface area contributed by atoms with Crippen LogP contribution in [0.25, 0.3) is 0 Å². The van der Waals surface area contributed by atoms with Crippen LogP contribution in [-0.4, -0.2) is 48.3 Å². The first-order valence-electron chi connectivity index (χ1n) is 6.73. The quantitative estimate of drug-likeness (QED) is 0.332. The van der Waals surface area contributed by atoms with Crippen molar-refractivity contribution >= 4 is 17.6 Å². The Bertz CT molecular complexity index is 479. The molecule has 0 aliphatic heterocycles. The molecule has 7 heteroatoms. The van der Waals surface area contributed by atoms with E-state index in [1.807, 2.05) is 7.05 Å². The van der Waals surface area contributed by atoms with E-state index in [9.17, 15) is 14.7 Å². The first-order chi connectivity index (χ1) is 10.0. The minimum Gasteiger partial charge on any atom is -0.506 e. The Morgan fingerprint density at radius 1 is 1.24 bits per heavy atom. The summed E-state index contributed by atoms with van der Waals surface area (Å²) in [6.07, 6.45) is 0.560. The van der Waals surface area contributed by atoms with Crippen LogP contribution in [0.5, 0.6) is 5.75 Å². The predicted molar refractivity (Wildman–Crippen MR) is 79.3 cm³/mol. The lowest BCUT2D eigenvalue weighted by molar-refractivity contribution is -0.141. The molecule has 0 spiro atoms. The van der Waals surface area contributed by atoms with Crippen LogP contribution in [0.4, 0.5) is 5.69 Å². The third-order valence-corrected chi connectivity index (χ3v) is 2.86. The largest absolute Gasteiger partial charge is 0.506 e. The van der Waals surface area contributed by atoms with Crippen molar-refractivity contribution in [2.45, 2.75) is 18.9 Å². The molecule has 0 aliphatic carbocycles. The zero-order valence-electron chi connectivity index (χ0n) is 11.9. The van der Waals surface area contributed by atoms with Crippen LogP contribution in [0.1, 0.15) is 12.8 Å². The van der Waals surface area contributed by atoms with Crippen molar-refractivity contribution in [2.24, 2.45) is 0 Å². The maximum absolute atomic E-state index is 11.8. The van der Waals surface area contributed by atoms with Crippen molar-refractivity contribution in [3.8, 4) is 5.75 Å². The Balaban J connectivity index is 2.49. The first kappa shape index (κ1) is 16.9. The van der Waals surface area contributed by atoms with Crippen molar-refractivity contribution in [1.29, 1.82) is 0 Å². The van der Waals surface area contributed by atoms with Crippen molar-refractivity contribution < 1.29 is 19.8 Å². The predicted octanol–water partition coefficient (Wildman–Crippen LogP) is 0.373. The number of phenolic OH excluding ortho intramolecular Hbond substituents is 1. The van der Waals surface area contributed by atoms with Gasteiger partial charge in [-0.15, -0.1) is 0 Å². The van der Waals surface area contributed by atoms with Crippen molar-refractivity contribution in [2.75, 3.05) is 25.5 Å². The molecule has 0 fully saturated rings. The van der Waals surface area contributed by atoms with Crippen molar-refractivity contribution in [3.63, 3.8) is 0 Å². The van der Waals surface area contributed by atoms with Crippen LogP contribution in [0, 0.1) is 0 Å². The SMILES string of the molecule is CNCCCN[C@@H](CC(=O)Nc1ccccc1O)C(=O)O. The molecule has 0 aliphatic rings. The van der Waals surface area contributed by atoms with Crippen LogP contribution in [0.3, 0.4) is 0 Å². The van der Waals surface area contributed by atoms with E-state index in [1.165, 1.54) is 6.07 Å². The highest BCUT2D eigenvalue weighted by Crippen LogP contribution is 2.21. The van der Waals surface area contributed by atoms with Gasteiger partial charge in [-0.1, -0.05) is 12.1 Å². The monoisotopic (exact) mass is 295 g/mol. The van der Waals surface area contributed by atoms with Gasteiger partial charge in [0.05, 0.1) is 12.1 Å². The Kier molecular flexibility index (Phi) is 7.20. The molecular formula is C14H21N3O4. The zero-order chi connectivity index (χ0) is 15.7. The summed E-state index contributed by atoms with van der Waals surface area (Å²) in [5, 5.41) is 26.9. The second kappa shape index (κ2) is 8.93. The fourth-order valence-corrected chi connectivity index (χ4v) is 1.75. The van der Waals surface area contributed by atoms with Gasteiger partial charge in [-0.25, -0.2) is 0 Å². The number of phenols is 1. The molecule has 0 radical (unpaired) electrons. The summed E-state index contributed by atoms with van der Waals surface area (Å²) < 4.78 is 0. The van der Waals surface area contributed by atoms with Gasteiger partial charge in [0.2, 0.25) is 5.91 Å². The number of hydrogen-bond acceptors (Lipinski definition) is 5. The molecule has 116 valence electrons. The summed E-state index contributed by atoms with van der Waals surface area (Å²) in [5.41, 5.74) is 0.266. The summed E-state index contributed by atoms with van der Waals surface area (Å²) in [6.45, 7) is 1.27. The third-order valence-electron chi connectivity index (χ3n) is 2.86. The Morgan fingerprint density at radius 2 is 1.95 bits per heavy atom. The zero-order valence-corrected chi connectivity index (χ0v) is 11.9. The minimum atomic E-state index is -1.08. The number of aliphatic carboxylic acids is 1. The molecule has 1 amide bonds. The smallest absolute Gasteiger partial charge is 0.321 e. The molecule has 1 rings (SSSR count). The molecule has 0 aromatic heterocycles. The number of para-hydroxylation sites is 2. The summed E-state index contributed by atoms with van der Waals surface area (Å²) >= 11 is 0. The van der Waals surface area contributed by atoms with E-state index in [1.54, 1.807) is 18.2 Å². The second-order valence-corrected chi connectivity index (χ2v) is 4.57. The number of carbonyl (C=O) groups is 2. The van der Waals surface area contributed by atoms with Gasteiger partial charge in [0.15, 0.2) is 0 Å². The Hall–Kier alpha value is -2.12. The second-order valence-electron chi connectivity index (χ2n) is 4.57. The molecule has 0 saturated carbocycles. The molecular weight excluding hydrogens is 274 g/mol. The summed E-state index contributed by atoms with van der Waals surface area (Å²) in [4.78, 5) is 22.9. The van der Waals surface area contributed by atoms with E-state index < -0.39 is 17.9 Å². The normalized spacial score (nSPS) is 11.9. The van der Waals surface area contributed by atoms with E-state index in [-0.39, 0.29) is 17.9 Å². The molecule has 0 heterocycles. The lowest BCUT2D eigenvalue weighted by Crippen LogP contribution is -2.40. The van der Waals surface area contributed by atoms with Gasteiger partial charge in [0.1, 0.15) is 11.8 Å². The van der Waals surface area contributed by atoms with E-state index >= 15 is 0 Å². The number of aromatic hydroxyl groups is 1. The van der Waals surface area contributed by atoms with Gasteiger partial charge in [-0.05, 0) is 38.7 Å². The highest BCUT2D eigenvalue weighted by Gasteiger charge is 2.20. The van der Waals surface area contributed by atoms with Gasteiger partial charge in [0.25, 0.3) is 0 Å². The third kappa shape index (κ3) is 6.24. The van der Waals surface area contributed by atoms with Gasteiger partial charge in [-0.3, -0.25) is 9.59 Å². The summed E-state index contributed by atoms with van der Waals surface area (Å²) in [5.74, 6) is -1.60. The molecule has 1 aromatic rings. The van der Waals surface area contributed by atoms with Gasteiger partial charge in [-0.2, -0.15) is 0 Å². The number of carboxylic acid groups (broad SMARTS) is 1. The Labute approximate surface area is 123 Å². The van der Waals surface area contributed by atoms with Gasteiger partial charge < -0.3 is 26.2 Å². The molecule has 21 heavy (non-hydrogen) atoms. The van der Waals surface area contributed by atoms with Crippen molar-refractivity contribution in [1.82, 2.24) is 10.6 Å². The van der Waals surface area contributed by atoms with Crippen LogP contribution in [-0.2, 0) is 9.59 Å². The summed E-state index contributed by atoms with van der Waals surface area (Å²) in [6, 6.07) is 5.34. The van der Waals surface area contributed by atoms with Gasteiger partial charge in [0, 0.05) is 0 Å². The van der Waals surface area contributed by atoms with E-state index in [0.717, 1.165) is 13.0 Å². The number of rotatable bonds is 9. The number of carboxylic acids is 1. The fourth-order valence-electron chi connectivity index (χ4n) is 1.75. The number of nitrogens with one attached hydrogen (secondary N) is 3. The van der Waals surface area contributed by atoms with Crippen LogP contribution >= 0.6 is 0 Å². The highest BCUT2D eigenvalue weighted by molar-refractivity contribution is 5.95. The minimum absolute atomic E-state index is 0.0558. The van der Waals surface area contributed by atoms with E-state index in [4.69, 9.17) is 5.11 Å². The number of carbonyl (C=O) groups excluding carboxylic acids is 1. The molecule has 1 atom stereocenters. The molecule has 7 nitrogen and oxygen atoms in total. The lowest BCUT2D eigenvalue weighted by atomic mass is 10.2. The van der Waals surface area contributed by atoms with Crippen LogP contribution < -0.4 is 16.0 Å². The standard InChI is InChI=1S/C14H21N3O4/c1-15-7-4-8-16-11(14(20)21)9-13(19)17-10-5-2-3-6-12(10)18/h2-3,5-6,11,15-16,18H,4,7-9H2,1H3,(H,17,19)(H,20,21)/t11-/m0/s1. The number of hydrogen-bond donors (Lipinski definition) is 5. The van der Waals surface area contributed by atoms with Crippen LogP contribution in [0.2, 0.25) is 0 Å². The molecule has 0 saturated heterocycles. The first-order valence-corrected chi connectivity index (χ1v) is 6.73. The van der Waals surface area contributed by atoms with Crippen molar-refractivity contribution in [3.05, 3.63) is 24.3 Å². The molecule has 0 bridgehead atoms. The average Bonchev–Trinajstić information content (AvgIpc) is 2.44. The Morgan fingerprint density at radius 3 is 2.57 bits per heavy atom. The average molecular weight is 295 g/mol. The summed E-state index contributed by atoms with van der Waals surface area (Å²) in [7, 11) is 1.81. The maximum Gasteiger partial charge on any atom is 0.321 e. The number of benzene rings is 1. The molecule has 0 unspecified atom stereocenters. The van der Waals surface area contributed by atoms with E-state index in [2.05, 4.69) is 16.0 Å². The molecule has 1 aromatic carbocycles. The molecule has 5 N–H and O–H groups in total. The lowest BCUT2D eigenvalue weighted by Gasteiger charge is -2.14. The number of amides is 1. The van der Waals surface area contributed by atoms with Crippen LogP contribution in [0.15, 0.2) is 24.3 Å². The topological polar surface area (TPSA) is 111 Å². The number of anilines is 1. The maximum atomic E-state index is 11.8. The van der Waals surface area contributed by atoms with Gasteiger partial charge >= 0.3 is 5.97 Å². The van der Waals surface area contributed by atoms with E-state index in [0.29, 0.717) is 6.54 Å². The highest BCUT2D eigenvalue weighted by atomic mass is 16.4.